The minimum Gasteiger partial charge on any atom is -0.469 e. The highest BCUT2D eigenvalue weighted by molar-refractivity contribution is 5.73. The lowest BCUT2D eigenvalue weighted by Gasteiger charge is -2.15. The minimum atomic E-state index is -4.48. The zero-order valence-electron chi connectivity index (χ0n) is 6.23. The molecule has 11 heavy (non-hydrogen) atoms. The molecule has 0 saturated carbocycles. The van der Waals surface area contributed by atoms with Crippen molar-refractivity contribution < 1.29 is 22.7 Å². The Balaban J connectivity index is 4.29. The van der Waals surface area contributed by atoms with Gasteiger partial charge in [-0.15, -0.1) is 0 Å². The second-order valence-corrected chi connectivity index (χ2v) is 2.03. The molecule has 0 aromatic rings. The van der Waals surface area contributed by atoms with Crippen LogP contribution in [0.1, 0.15) is 13.3 Å². The molecule has 0 aliphatic heterocycles. The lowest BCUT2D eigenvalue weighted by atomic mass is 10.1. The van der Waals surface area contributed by atoms with Crippen molar-refractivity contribution in [3.8, 4) is 0 Å². The fourth-order valence-corrected chi connectivity index (χ4v) is 0.674. The van der Waals surface area contributed by atoms with Gasteiger partial charge in [0, 0.05) is 0 Å². The van der Waals surface area contributed by atoms with Crippen molar-refractivity contribution in [3.63, 3.8) is 0 Å². The molecular formula is C6H9F3O2. The number of ether oxygens (including phenoxy) is 1. The Labute approximate surface area is 62.3 Å². The third kappa shape index (κ3) is 2.78. The van der Waals surface area contributed by atoms with Crippen LogP contribution in [0.5, 0.6) is 0 Å². The Hall–Kier alpha value is -0.740. The van der Waals surface area contributed by atoms with Crippen LogP contribution in [0.3, 0.4) is 0 Å². The first-order valence-electron chi connectivity index (χ1n) is 3.08. The summed E-state index contributed by atoms with van der Waals surface area (Å²) in [5, 5.41) is 0. The molecule has 0 aliphatic carbocycles. The Bertz CT molecular complexity index is 141. The smallest absolute Gasteiger partial charge is 0.402 e. The van der Waals surface area contributed by atoms with Gasteiger partial charge in [-0.25, -0.2) is 0 Å². The Morgan fingerprint density at radius 3 is 2.09 bits per heavy atom. The molecule has 0 fully saturated rings. The van der Waals surface area contributed by atoms with E-state index in [0.29, 0.717) is 0 Å². The highest BCUT2D eigenvalue weighted by Gasteiger charge is 2.44. The summed E-state index contributed by atoms with van der Waals surface area (Å²) in [6.07, 6.45) is -4.77. The van der Waals surface area contributed by atoms with E-state index in [2.05, 4.69) is 4.74 Å². The zero-order valence-corrected chi connectivity index (χ0v) is 6.23. The van der Waals surface area contributed by atoms with Crippen LogP contribution in [-0.4, -0.2) is 19.3 Å². The average molecular weight is 170 g/mol. The van der Waals surface area contributed by atoms with Gasteiger partial charge in [0.2, 0.25) is 0 Å². The summed E-state index contributed by atoms with van der Waals surface area (Å²) in [5.41, 5.74) is 0. The van der Waals surface area contributed by atoms with Crippen molar-refractivity contribution in [2.45, 2.75) is 19.5 Å². The molecule has 0 aromatic carbocycles. The van der Waals surface area contributed by atoms with E-state index in [1.807, 2.05) is 0 Å². The van der Waals surface area contributed by atoms with Crippen molar-refractivity contribution >= 4 is 5.97 Å². The molecule has 0 aromatic heterocycles. The lowest BCUT2D eigenvalue weighted by molar-refractivity contribution is -0.196. The average Bonchev–Trinajstić information content (AvgIpc) is 1.86. The number of carbonyl (C=O) groups is 1. The van der Waals surface area contributed by atoms with E-state index in [9.17, 15) is 18.0 Å². The van der Waals surface area contributed by atoms with Crippen molar-refractivity contribution in [2.24, 2.45) is 5.92 Å². The number of alkyl halides is 3. The quantitative estimate of drug-likeness (QED) is 0.590. The van der Waals surface area contributed by atoms with Crippen molar-refractivity contribution in [1.82, 2.24) is 0 Å². The van der Waals surface area contributed by atoms with Gasteiger partial charge in [0.05, 0.1) is 7.11 Å². The number of carbonyl (C=O) groups excluding carboxylic acids is 1. The standard InChI is InChI=1S/C6H9F3O2/c1-3-4(5(10)11-2)6(7,8)9/h4H,3H2,1-2H3. The van der Waals surface area contributed by atoms with E-state index in [1.54, 1.807) is 0 Å². The molecule has 0 aliphatic rings. The second-order valence-electron chi connectivity index (χ2n) is 2.03. The summed E-state index contributed by atoms with van der Waals surface area (Å²) in [4.78, 5) is 10.4. The number of esters is 1. The Kier molecular flexibility index (Phi) is 3.35. The zero-order chi connectivity index (χ0) is 9.07. The van der Waals surface area contributed by atoms with Crippen LogP contribution < -0.4 is 0 Å². The lowest BCUT2D eigenvalue weighted by Crippen LogP contribution is -2.30. The van der Waals surface area contributed by atoms with E-state index in [1.165, 1.54) is 6.92 Å². The van der Waals surface area contributed by atoms with Crippen LogP contribution in [-0.2, 0) is 9.53 Å². The van der Waals surface area contributed by atoms with Crippen LogP contribution in [0.4, 0.5) is 13.2 Å². The maximum Gasteiger partial charge on any atom is 0.402 e. The molecule has 5 heteroatoms. The Morgan fingerprint density at radius 1 is 1.55 bits per heavy atom. The first kappa shape index (κ1) is 10.3. The number of hydrogen-bond donors (Lipinski definition) is 0. The molecule has 0 bridgehead atoms. The van der Waals surface area contributed by atoms with Gasteiger partial charge >= 0.3 is 12.1 Å². The molecule has 0 spiro atoms. The first-order valence-corrected chi connectivity index (χ1v) is 3.08. The van der Waals surface area contributed by atoms with Crippen LogP contribution in [0.15, 0.2) is 0 Å². The largest absolute Gasteiger partial charge is 0.469 e. The van der Waals surface area contributed by atoms with E-state index in [0.717, 1.165) is 7.11 Å². The number of methoxy groups -OCH3 is 1. The summed E-state index contributed by atoms with van der Waals surface area (Å²) < 4.78 is 39.5. The van der Waals surface area contributed by atoms with Gasteiger partial charge in [-0.05, 0) is 6.42 Å². The maximum absolute atomic E-state index is 11.9. The molecule has 66 valence electrons. The van der Waals surface area contributed by atoms with Crippen molar-refractivity contribution in [1.29, 1.82) is 0 Å². The van der Waals surface area contributed by atoms with Crippen LogP contribution in [0.25, 0.3) is 0 Å². The van der Waals surface area contributed by atoms with Crippen LogP contribution in [0, 0.1) is 5.92 Å². The summed E-state index contributed by atoms with van der Waals surface area (Å²) in [6.45, 7) is 1.29. The monoisotopic (exact) mass is 170 g/mol. The number of halogens is 3. The molecular weight excluding hydrogens is 161 g/mol. The van der Waals surface area contributed by atoms with Crippen molar-refractivity contribution in [3.05, 3.63) is 0 Å². The molecule has 0 heterocycles. The van der Waals surface area contributed by atoms with Gasteiger partial charge in [0.15, 0.2) is 5.92 Å². The molecule has 0 radical (unpaired) electrons. The highest BCUT2D eigenvalue weighted by Crippen LogP contribution is 2.29. The van der Waals surface area contributed by atoms with Gasteiger partial charge in [0.1, 0.15) is 0 Å². The van der Waals surface area contributed by atoms with Gasteiger partial charge in [0.25, 0.3) is 0 Å². The molecule has 0 N–H and O–H groups in total. The van der Waals surface area contributed by atoms with Gasteiger partial charge < -0.3 is 4.74 Å². The fraction of sp³-hybridized carbons (Fsp3) is 0.833. The molecule has 0 saturated heterocycles. The maximum atomic E-state index is 11.9. The summed E-state index contributed by atoms with van der Waals surface area (Å²) in [7, 11) is 0.941. The summed E-state index contributed by atoms with van der Waals surface area (Å²) >= 11 is 0. The third-order valence-electron chi connectivity index (χ3n) is 1.29. The topological polar surface area (TPSA) is 26.3 Å². The number of hydrogen-bond acceptors (Lipinski definition) is 2. The van der Waals surface area contributed by atoms with E-state index in [4.69, 9.17) is 0 Å². The molecule has 0 rings (SSSR count). The SMILES string of the molecule is CCC(C(=O)OC)C(F)(F)F. The van der Waals surface area contributed by atoms with E-state index in [-0.39, 0.29) is 6.42 Å². The minimum absolute atomic E-state index is 0.282. The van der Waals surface area contributed by atoms with Gasteiger partial charge in [-0.2, -0.15) is 13.2 Å². The fourth-order valence-electron chi connectivity index (χ4n) is 0.674. The van der Waals surface area contributed by atoms with Crippen molar-refractivity contribution in [2.75, 3.05) is 7.11 Å². The van der Waals surface area contributed by atoms with Gasteiger partial charge in [-0.1, -0.05) is 6.92 Å². The predicted octanol–water partition coefficient (Wildman–Crippen LogP) is 1.75. The Morgan fingerprint density at radius 2 is 2.00 bits per heavy atom. The van der Waals surface area contributed by atoms with E-state index < -0.39 is 18.1 Å². The highest BCUT2D eigenvalue weighted by atomic mass is 19.4. The number of rotatable bonds is 2. The van der Waals surface area contributed by atoms with Gasteiger partial charge in [-0.3, -0.25) is 4.79 Å². The normalized spacial score (nSPS) is 14.3. The summed E-state index contributed by atoms with van der Waals surface area (Å²) in [6, 6.07) is 0. The molecule has 1 atom stereocenters. The second kappa shape index (κ2) is 3.59. The van der Waals surface area contributed by atoms with E-state index >= 15 is 0 Å². The summed E-state index contributed by atoms with van der Waals surface area (Å²) in [5.74, 6) is -3.20. The first-order chi connectivity index (χ1) is 4.93. The molecule has 2 nitrogen and oxygen atoms in total. The molecule has 1 unspecified atom stereocenters. The predicted molar refractivity (Wildman–Crippen MR) is 31.9 cm³/mol. The van der Waals surface area contributed by atoms with Crippen LogP contribution >= 0.6 is 0 Å². The third-order valence-corrected chi connectivity index (χ3v) is 1.29. The van der Waals surface area contributed by atoms with Crippen LogP contribution in [0.2, 0.25) is 0 Å². The molecule has 0 amide bonds.